The maximum atomic E-state index is 13.1. The van der Waals surface area contributed by atoms with Crippen molar-refractivity contribution in [2.75, 3.05) is 26.2 Å². The Kier molecular flexibility index (Phi) is 6.63. The number of benzene rings is 1. The molecule has 8 nitrogen and oxygen atoms in total. The van der Waals surface area contributed by atoms with Crippen molar-refractivity contribution >= 4 is 39.3 Å². The van der Waals surface area contributed by atoms with Gasteiger partial charge in [-0.3, -0.25) is 9.69 Å². The van der Waals surface area contributed by atoms with Gasteiger partial charge in [-0.2, -0.15) is 4.68 Å². The van der Waals surface area contributed by atoms with Gasteiger partial charge in [0.05, 0.1) is 17.8 Å². The molecule has 1 aromatic heterocycles. The number of amides is 1. The van der Waals surface area contributed by atoms with E-state index in [0.717, 1.165) is 5.56 Å². The molecule has 2 heterocycles. The summed E-state index contributed by atoms with van der Waals surface area (Å²) < 4.78 is 14.8. The quantitative estimate of drug-likeness (QED) is 0.474. The van der Waals surface area contributed by atoms with E-state index in [-0.39, 0.29) is 35.0 Å². The normalized spacial score (nSPS) is 15.0. The maximum Gasteiger partial charge on any atom is 0.404 e. The molecular weight excluding hydrogens is 457 g/mol. The summed E-state index contributed by atoms with van der Waals surface area (Å²) in [5, 5.41) is 15.1. The Balaban J connectivity index is 1.47. The van der Waals surface area contributed by atoms with Crippen LogP contribution in [0.4, 0.5) is 10.2 Å². The molecule has 0 radical (unpaired) electrons. The van der Waals surface area contributed by atoms with Crippen LogP contribution in [-0.4, -0.2) is 56.6 Å². The standard InChI is InChI=1S/C17H18BrClFN5O3/c18-14-11-24(21-17(14)25(27)28)4-3-16(26)23-7-5-22(6-8-23)10-12-1-2-13(20)9-15(12)19/h1-2,9,11H,3-8,10H2. The number of carbonyl (C=O) groups is 1. The summed E-state index contributed by atoms with van der Waals surface area (Å²) in [7, 11) is 0. The summed E-state index contributed by atoms with van der Waals surface area (Å²) in [4.78, 5) is 26.6. The van der Waals surface area contributed by atoms with Crippen molar-refractivity contribution in [1.82, 2.24) is 19.6 Å². The first-order valence-electron chi connectivity index (χ1n) is 8.65. The Morgan fingerprint density at radius 2 is 2.04 bits per heavy atom. The number of hydrogen-bond acceptors (Lipinski definition) is 5. The van der Waals surface area contributed by atoms with Crippen molar-refractivity contribution in [2.24, 2.45) is 0 Å². The molecule has 11 heteroatoms. The number of carbonyl (C=O) groups excluding carboxylic acids is 1. The molecule has 28 heavy (non-hydrogen) atoms. The van der Waals surface area contributed by atoms with Crippen molar-refractivity contribution in [3.8, 4) is 0 Å². The summed E-state index contributed by atoms with van der Waals surface area (Å²) in [5.41, 5.74) is 0.855. The van der Waals surface area contributed by atoms with Crippen LogP contribution in [0.5, 0.6) is 0 Å². The zero-order valence-corrected chi connectivity index (χ0v) is 17.2. The Bertz CT molecular complexity index is 886. The van der Waals surface area contributed by atoms with Gasteiger partial charge >= 0.3 is 5.82 Å². The molecule has 0 aliphatic carbocycles. The number of nitrogens with zero attached hydrogens (tertiary/aromatic N) is 5. The molecule has 150 valence electrons. The van der Waals surface area contributed by atoms with Gasteiger partial charge in [0.1, 0.15) is 10.3 Å². The van der Waals surface area contributed by atoms with E-state index in [0.29, 0.717) is 37.7 Å². The van der Waals surface area contributed by atoms with Gasteiger partial charge in [-0.1, -0.05) is 17.7 Å². The average molecular weight is 475 g/mol. The molecule has 0 saturated carbocycles. The fourth-order valence-electron chi connectivity index (χ4n) is 3.04. The van der Waals surface area contributed by atoms with Crippen LogP contribution in [0.2, 0.25) is 5.02 Å². The lowest BCUT2D eigenvalue weighted by molar-refractivity contribution is -0.390. The van der Waals surface area contributed by atoms with Gasteiger partial charge in [-0.25, -0.2) is 4.39 Å². The fraction of sp³-hybridized carbons (Fsp3) is 0.412. The van der Waals surface area contributed by atoms with Crippen LogP contribution >= 0.6 is 27.5 Å². The van der Waals surface area contributed by atoms with Crippen LogP contribution < -0.4 is 0 Å². The highest BCUT2D eigenvalue weighted by Crippen LogP contribution is 2.22. The van der Waals surface area contributed by atoms with E-state index in [4.69, 9.17) is 11.6 Å². The van der Waals surface area contributed by atoms with E-state index in [2.05, 4.69) is 25.9 Å². The van der Waals surface area contributed by atoms with E-state index < -0.39 is 4.92 Å². The molecule has 1 fully saturated rings. The Labute approximate surface area is 174 Å². The third kappa shape index (κ3) is 5.06. The second-order valence-electron chi connectivity index (χ2n) is 6.46. The highest BCUT2D eigenvalue weighted by Gasteiger charge is 2.23. The lowest BCUT2D eigenvalue weighted by Crippen LogP contribution is -2.48. The van der Waals surface area contributed by atoms with Crippen LogP contribution in [0.3, 0.4) is 0 Å². The first-order chi connectivity index (χ1) is 13.3. The predicted molar refractivity (Wildman–Crippen MR) is 104 cm³/mol. The van der Waals surface area contributed by atoms with Crippen molar-refractivity contribution in [1.29, 1.82) is 0 Å². The Hall–Kier alpha value is -2.04. The van der Waals surface area contributed by atoms with Crippen LogP contribution in [0.15, 0.2) is 28.9 Å². The van der Waals surface area contributed by atoms with E-state index in [1.54, 1.807) is 11.0 Å². The molecule has 0 atom stereocenters. The van der Waals surface area contributed by atoms with Gasteiger partial charge in [-0.05, 0) is 38.5 Å². The summed E-state index contributed by atoms with van der Waals surface area (Å²) in [6, 6.07) is 4.37. The van der Waals surface area contributed by atoms with Crippen LogP contribution in [0, 0.1) is 15.9 Å². The Morgan fingerprint density at radius 3 is 2.64 bits per heavy atom. The van der Waals surface area contributed by atoms with Crippen LogP contribution in [0.1, 0.15) is 12.0 Å². The van der Waals surface area contributed by atoms with E-state index in [9.17, 15) is 19.3 Å². The minimum Gasteiger partial charge on any atom is -0.358 e. The highest BCUT2D eigenvalue weighted by molar-refractivity contribution is 9.10. The molecule has 1 aromatic carbocycles. The summed E-state index contributed by atoms with van der Waals surface area (Å²) in [6.07, 6.45) is 1.71. The van der Waals surface area contributed by atoms with Gasteiger partial charge in [0.2, 0.25) is 5.91 Å². The van der Waals surface area contributed by atoms with Gasteiger partial charge in [0.25, 0.3) is 0 Å². The smallest absolute Gasteiger partial charge is 0.358 e. The molecule has 2 aromatic rings. The van der Waals surface area contributed by atoms with Gasteiger partial charge in [0.15, 0.2) is 0 Å². The molecule has 1 amide bonds. The first-order valence-corrected chi connectivity index (χ1v) is 9.82. The first kappa shape index (κ1) is 20.7. The summed E-state index contributed by atoms with van der Waals surface area (Å²) in [5.74, 6) is -0.645. The topological polar surface area (TPSA) is 84.5 Å². The summed E-state index contributed by atoms with van der Waals surface area (Å²) in [6.45, 7) is 3.43. The molecule has 0 spiro atoms. The number of hydrogen-bond donors (Lipinski definition) is 0. The maximum absolute atomic E-state index is 13.1. The van der Waals surface area contributed by atoms with E-state index in [1.165, 1.54) is 23.0 Å². The second kappa shape index (κ2) is 8.97. The van der Waals surface area contributed by atoms with Crippen molar-refractivity contribution in [3.63, 3.8) is 0 Å². The van der Waals surface area contributed by atoms with Crippen LogP contribution in [0.25, 0.3) is 0 Å². The number of rotatable bonds is 6. The molecule has 3 rings (SSSR count). The molecule has 1 aliphatic heterocycles. The van der Waals surface area contributed by atoms with Crippen molar-refractivity contribution in [2.45, 2.75) is 19.5 Å². The summed E-state index contributed by atoms with van der Waals surface area (Å²) >= 11 is 9.16. The molecule has 0 unspecified atom stereocenters. The minimum atomic E-state index is -0.574. The number of aryl methyl sites for hydroxylation is 1. The van der Waals surface area contributed by atoms with Crippen molar-refractivity contribution < 1.29 is 14.1 Å². The number of piperazine rings is 1. The Morgan fingerprint density at radius 1 is 1.32 bits per heavy atom. The number of halogens is 3. The highest BCUT2D eigenvalue weighted by atomic mass is 79.9. The lowest BCUT2D eigenvalue weighted by Gasteiger charge is -2.35. The molecular formula is C17H18BrClFN5O3. The van der Waals surface area contributed by atoms with Crippen molar-refractivity contribution in [3.05, 3.63) is 55.4 Å². The van der Waals surface area contributed by atoms with Gasteiger partial charge in [-0.15, -0.1) is 0 Å². The van der Waals surface area contributed by atoms with Crippen LogP contribution in [-0.2, 0) is 17.9 Å². The zero-order valence-electron chi connectivity index (χ0n) is 14.9. The van der Waals surface area contributed by atoms with Gasteiger partial charge in [0, 0.05) is 44.2 Å². The largest absolute Gasteiger partial charge is 0.404 e. The lowest BCUT2D eigenvalue weighted by atomic mass is 10.2. The minimum absolute atomic E-state index is 0.0197. The molecule has 0 bridgehead atoms. The average Bonchev–Trinajstić information content (AvgIpc) is 3.03. The molecule has 1 aliphatic rings. The SMILES string of the molecule is O=C(CCn1cc(Br)c([N+](=O)[O-])n1)N1CCN(Cc2ccc(F)cc2Cl)CC1. The van der Waals surface area contributed by atoms with Gasteiger partial charge < -0.3 is 15.0 Å². The fourth-order valence-corrected chi connectivity index (χ4v) is 3.73. The number of nitro groups is 1. The molecule has 0 N–H and O–H groups in total. The predicted octanol–water partition coefficient (Wildman–Crippen LogP) is 3.08. The van der Waals surface area contributed by atoms with E-state index >= 15 is 0 Å². The number of aromatic nitrogens is 2. The second-order valence-corrected chi connectivity index (χ2v) is 7.73. The molecule has 1 saturated heterocycles. The zero-order chi connectivity index (χ0) is 20.3. The third-order valence-electron chi connectivity index (χ3n) is 4.56. The monoisotopic (exact) mass is 473 g/mol. The van der Waals surface area contributed by atoms with E-state index in [1.807, 2.05) is 0 Å². The third-order valence-corrected chi connectivity index (χ3v) is 5.47.